The third-order valence-corrected chi connectivity index (χ3v) is 4.39. The molecule has 2 unspecified atom stereocenters. The molecule has 18 heavy (non-hydrogen) atoms. The van der Waals surface area contributed by atoms with Crippen LogP contribution in [0.3, 0.4) is 0 Å². The van der Waals surface area contributed by atoms with Crippen LogP contribution in [0.25, 0.3) is 0 Å². The number of carbonyl (C=O) groups is 2. The van der Waals surface area contributed by atoms with Crippen LogP contribution in [0, 0.1) is 0 Å². The summed E-state index contributed by atoms with van der Waals surface area (Å²) in [5.41, 5.74) is 0. The van der Waals surface area contributed by atoms with Crippen molar-refractivity contribution in [2.24, 2.45) is 0 Å². The highest BCUT2D eigenvalue weighted by Gasteiger charge is 2.29. The van der Waals surface area contributed by atoms with Gasteiger partial charge < -0.3 is 14.9 Å². The SMILES string of the molecule is CCN(C(=O)N1CCSCC1C)C(C)CC(=O)O. The van der Waals surface area contributed by atoms with Gasteiger partial charge in [0.2, 0.25) is 0 Å². The van der Waals surface area contributed by atoms with Gasteiger partial charge in [0, 0.05) is 36.7 Å². The number of rotatable bonds is 4. The van der Waals surface area contributed by atoms with Crippen LogP contribution in [0.2, 0.25) is 0 Å². The van der Waals surface area contributed by atoms with E-state index in [9.17, 15) is 9.59 Å². The Kier molecular flexibility index (Phi) is 5.78. The van der Waals surface area contributed by atoms with Crippen LogP contribution in [0.1, 0.15) is 27.2 Å². The van der Waals surface area contributed by atoms with E-state index < -0.39 is 5.97 Å². The predicted octanol–water partition coefficient (Wildman–Crippen LogP) is 1.73. The molecule has 2 atom stereocenters. The molecule has 0 radical (unpaired) electrons. The average Bonchev–Trinajstić information content (AvgIpc) is 2.29. The van der Waals surface area contributed by atoms with E-state index in [0.29, 0.717) is 6.54 Å². The summed E-state index contributed by atoms with van der Waals surface area (Å²) in [4.78, 5) is 26.7. The van der Waals surface area contributed by atoms with Crippen LogP contribution < -0.4 is 0 Å². The number of carboxylic acid groups (broad SMARTS) is 1. The van der Waals surface area contributed by atoms with E-state index in [1.807, 2.05) is 30.5 Å². The van der Waals surface area contributed by atoms with Crippen molar-refractivity contribution in [3.8, 4) is 0 Å². The Morgan fingerprint density at radius 1 is 1.56 bits per heavy atom. The van der Waals surface area contributed by atoms with Crippen molar-refractivity contribution in [3.63, 3.8) is 0 Å². The normalized spacial score (nSPS) is 21.5. The molecule has 0 aromatic heterocycles. The number of thioether (sulfide) groups is 1. The molecule has 1 aliphatic heterocycles. The van der Waals surface area contributed by atoms with E-state index in [2.05, 4.69) is 0 Å². The Labute approximate surface area is 113 Å². The van der Waals surface area contributed by atoms with Crippen molar-refractivity contribution >= 4 is 23.8 Å². The topological polar surface area (TPSA) is 60.9 Å². The summed E-state index contributed by atoms with van der Waals surface area (Å²) in [6, 6.07) is -0.0665. The lowest BCUT2D eigenvalue weighted by Crippen LogP contribution is -2.53. The molecule has 1 saturated heterocycles. The van der Waals surface area contributed by atoms with Crippen molar-refractivity contribution in [2.75, 3.05) is 24.6 Å². The molecule has 104 valence electrons. The smallest absolute Gasteiger partial charge is 0.320 e. The molecule has 1 aliphatic rings. The maximum Gasteiger partial charge on any atom is 0.320 e. The Morgan fingerprint density at radius 2 is 2.22 bits per heavy atom. The highest BCUT2D eigenvalue weighted by molar-refractivity contribution is 7.99. The van der Waals surface area contributed by atoms with Crippen molar-refractivity contribution in [2.45, 2.75) is 39.3 Å². The maximum absolute atomic E-state index is 12.4. The first kappa shape index (κ1) is 15.1. The number of aliphatic carboxylic acids is 1. The molecule has 1 rings (SSSR count). The number of carboxylic acids is 1. The van der Waals surface area contributed by atoms with Crippen LogP contribution in [-0.4, -0.2) is 63.6 Å². The molecule has 0 saturated carbocycles. The fourth-order valence-electron chi connectivity index (χ4n) is 2.17. The molecule has 1 N–H and O–H groups in total. The van der Waals surface area contributed by atoms with E-state index in [1.54, 1.807) is 11.8 Å². The van der Waals surface area contributed by atoms with Crippen LogP contribution in [0.4, 0.5) is 4.79 Å². The Balaban J connectivity index is 2.68. The van der Waals surface area contributed by atoms with Crippen molar-refractivity contribution in [3.05, 3.63) is 0 Å². The number of hydrogen-bond donors (Lipinski definition) is 1. The zero-order valence-corrected chi connectivity index (χ0v) is 12.1. The number of nitrogens with zero attached hydrogens (tertiary/aromatic N) is 2. The highest BCUT2D eigenvalue weighted by Crippen LogP contribution is 2.19. The zero-order valence-electron chi connectivity index (χ0n) is 11.3. The van der Waals surface area contributed by atoms with Gasteiger partial charge in [-0.3, -0.25) is 4.79 Å². The molecule has 0 spiro atoms. The summed E-state index contributed by atoms with van der Waals surface area (Å²) in [5.74, 6) is 1.05. The summed E-state index contributed by atoms with van der Waals surface area (Å²) in [5, 5.41) is 8.82. The third-order valence-electron chi connectivity index (χ3n) is 3.20. The van der Waals surface area contributed by atoms with Gasteiger partial charge in [-0.2, -0.15) is 11.8 Å². The van der Waals surface area contributed by atoms with Crippen molar-refractivity contribution < 1.29 is 14.7 Å². The molecule has 2 amide bonds. The quantitative estimate of drug-likeness (QED) is 0.848. The van der Waals surface area contributed by atoms with Crippen LogP contribution >= 0.6 is 11.8 Å². The Hall–Kier alpha value is -0.910. The van der Waals surface area contributed by atoms with Crippen LogP contribution in [0.5, 0.6) is 0 Å². The first-order valence-electron chi connectivity index (χ1n) is 6.34. The highest BCUT2D eigenvalue weighted by atomic mass is 32.2. The van der Waals surface area contributed by atoms with Crippen LogP contribution in [-0.2, 0) is 4.79 Å². The molecule has 0 aromatic carbocycles. The van der Waals surface area contributed by atoms with E-state index >= 15 is 0 Å². The minimum Gasteiger partial charge on any atom is -0.481 e. The van der Waals surface area contributed by atoms with Crippen molar-refractivity contribution in [1.82, 2.24) is 9.80 Å². The molecular weight excluding hydrogens is 252 g/mol. The second-order valence-electron chi connectivity index (χ2n) is 4.63. The molecule has 5 nitrogen and oxygen atoms in total. The first-order chi connectivity index (χ1) is 8.47. The number of amides is 2. The van der Waals surface area contributed by atoms with Gasteiger partial charge >= 0.3 is 12.0 Å². The standard InChI is InChI=1S/C12H22N2O3S/c1-4-13(9(2)7-11(15)16)12(17)14-5-6-18-8-10(14)3/h9-10H,4-8H2,1-3H3,(H,15,16). The fourth-order valence-corrected chi connectivity index (χ4v) is 3.19. The summed E-state index contributed by atoms with van der Waals surface area (Å²) >= 11 is 1.86. The van der Waals surface area contributed by atoms with Gasteiger partial charge in [0.05, 0.1) is 6.42 Å². The molecule has 0 aromatic rings. The van der Waals surface area contributed by atoms with Gasteiger partial charge in [-0.25, -0.2) is 4.79 Å². The lowest BCUT2D eigenvalue weighted by Gasteiger charge is -2.38. The summed E-state index contributed by atoms with van der Waals surface area (Å²) in [7, 11) is 0. The van der Waals surface area contributed by atoms with Crippen LogP contribution in [0.15, 0.2) is 0 Å². The van der Waals surface area contributed by atoms with Gasteiger partial charge in [0.25, 0.3) is 0 Å². The molecular formula is C12H22N2O3S. The zero-order chi connectivity index (χ0) is 13.7. The second kappa shape index (κ2) is 6.87. The summed E-state index contributed by atoms with van der Waals surface area (Å²) < 4.78 is 0. The average molecular weight is 274 g/mol. The fraction of sp³-hybridized carbons (Fsp3) is 0.833. The monoisotopic (exact) mass is 274 g/mol. The summed E-state index contributed by atoms with van der Waals surface area (Å²) in [6.07, 6.45) is -0.00342. The van der Waals surface area contributed by atoms with E-state index in [4.69, 9.17) is 5.11 Å². The second-order valence-corrected chi connectivity index (χ2v) is 5.78. The predicted molar refractivity (Wildman–Crippen MR) is 73.0 cm³/mol. The molecule has 1 heterocycles. The molecule has 0 bridgehead atoms. The van der Waals surface area contributed by atoms with Gasteiger partial charge in [0.1, 0.15) is 0 Å². The lowest BCUT2D eigenvalue weighted by atomic mass is 10.2. The lowest BCUT2D eigenvalue weighted by molar-refractivity contribution is -0.138. The number of urea groups is 1. The van der Waals surface area contributed by atoms with Gasteiger partial charge in [-0.1, -0.05) is 0 Å². The minimum atomic E-state index is -0.865. The van der Waals surface area contributed by atoms with Gasteiger partial charge in [-0.15, -0.1) is 0 Å². The maximum atomic E-state index is 12.4. The molecule has 6 heteroatoms. The number of carbonyl (C=O) groups excluding carboxylic acids is 1. The number of hydrogen-bond acceptors (Lipinski definition) is 3. The van der Waals surface area contributed by atoms with E-state index in [-0.39, 0.29) is 24.5 Å². The third kappa shape index (κ3) is 3.80. The van der Waals surface area contributed by atoms with Crippen molar-refractivity contribution in [1.29, 1.82) is 0 Å². The largest absolute Gasteiger partial charge is 0.481 e. The van der Waals surface area contributed by atoms with Gasteiger partial charge in [-0.05, 0) is 20.8 Å². The molecule has 0 aliphatic carbocycles. The summed E-state index contributed by atoms with van der Waals surface area (Å²) in [6.45, 7) is 7.02. The Morgan fingerprint density at radius 3 is 2.72 bits per heavy atom. The first-order valence-corrected chi connectivity index (χ1v) is 7.49. The molecule has 1 fully saturated rings. The van der Waals surface area contributed by atoms with E-state index in [0.717, 1.165) is 18.1 Å². The Bertz CT molecular complexity index is 312. The van der Waals surface area contributed by atoms with Gasteiger partial charge in [0.15, 0.2) is 0 Å². The minimum absolute atomic E-state index is 0.00342. The van der Waals surface area contributed by atoms with E-state index in [1.165, 1.54) is 0 Å².